The van der Waals surface area contributed by atoms with Gasteiger partial charge >= 0.3 is 0 Å². The minimum atomic E-state index is -3.93. The average molecular weight is 420 g/mol. The molecule has 0 bridgehead atoms. The lowest BCUT2D eigenvalue weighted by atomic mass is 10.3. The summed E-state index contributed by atoms with van der Waals surface area (Å²) in [6.07, 6.45) is 1.69. The third-order valence-corrected chi connectivity index (χ3v) is 5.82. The van der Waals surface area contributed by atoms with Crippen molar-refractivity contribution in [1.29, 1.82) is 0 Å². The first-order chi connectivity index (χ1) is 13.8. The van der Waals surface area contributed by atoms with Crippen molar-refractivity contribution >= 4 is 33.2 Å². The van der Waals surface area contributed by atoms with Crippen molar-refractivity contribution in [2.24, 2.45) is 0 Å². The molecule has 8 nitrogen and oxygen atoms in total. The number of carbonyl (C=O) groups is 2. The van der Waals surface area contributed by atoms with E-state index in [2.05, 4.69) is 10.3 Å². The summed E-state index contributed by atoms with van der Waals surface area (Å²) >= 11 is 0. The van der Waals surface area contributed by atoms with Crippen molar-refractivity contribution in [3.05, 3.63) is 54.5 Å². The van der Waals surface area contributed by atoms with Crippen molar-refractivity contribution < 1.29 is 22.4 Å². The Bertz CT molecular complexity index is 959. The van der Waals surface area contributed by atoms with Gasteiger partial charge in [0.2, 0.25) is 11.8 Å². The topological polar surface area (TPSA) is 99.7 Å². The van der Waals surface area contributed by atoms with Crippen LogP contribution in [0.15, 0.2) is 48.7 Å². The van der Waals surface area contributed by atoms with Crippen LogP contribution in [0.1, 0.15) is 0 Å². The fourth-order valence-corrected chi connectivity index (χ4v) is 4.12. The summed E-state index contributed by atoms with van der Waals surface area (Å²) in [5, 5.41) is 2.38. The second-order valence-electron chi connectivity index (χ2n) is 6.64. The van der Waals surface area contributed by atoms with E-state index < -0.39 is 39.0 Å². The summed E-state index contributed by atoms with van der Waals surface area (Å²) in [4.78, 5) is 32.1. The number of carbonyl (C=O) groups excluding carboxylic acids is 2. The number of aromatic nitrogens is 1. The van der Waals surface area contributed by atoms with Crippen molar-refractivity contribution in [2.45, 2.75) is 0 Å². The van der Waals surface area contributed by atoms with Crippen molar-refractivity contribution in [3.8, 4) is 0 Å². The van der Waals surface area contributed by atoms with E-state index in [0.717, 1.165) is 18.0 Å². The highest BCUT2D eigenvalue weighted by molar-refractivity contribution is 7.92. The highest BCUT2D eigenvalue weighted by atomic mass is 32.2. The molecular formula is C19H21FN4O4S. The molecule has 0 saturated carbocycles. The second-order valence-corrected chi connectivity index (χ2v) is 8.71. The molecule has 10 heteroatoms. The van der Waals surface area contributed by atoms with E-state index in [1.807, 2.05) is 23.1 Å². The van der Waals surface area contributed by atoms with Gasteiger partial charge in [0.15, 0.2) is 9.84 Å². The van der Waals surface area contributed by atoms with E-state index in [-0.39, 0.29) is 5.69 Å². The predicted octanol–water partition coefficient (Wildman–Crippen LogP) is 0.923. The van der Waals surface area contributed by atoms with Gasteiger partial charge in [-0.3, -0.25) is 9.59 Å². The summed E-state index contributed by atoms with van der Waals surface area (Å²) in [5.41, 5.74) is 0.281. The SMILES string of the molecule is O=C(CS(=O)(=O)CC(=O)N1CCN(c2ccccn2)CC1)Nc1ccc(F)cc1. The van der Waals surface area contributed by atoms with Gasteiger partial charge in [0.05, 0.1) is 0 Å². The first kappa shape index (κ1) is 20.7. The van der Waals surface area contributed by atoms with E-state index in [0.29, 0.717) is 26.2 Å². The first-order valence-corrected chi connectivity index (χ1v) is 10.8. The monoisotopic (exact) mass is 420 g/mol. The van der Waals surface area contributed by atoms with Gasteiger partial charge in [0, 0.05) is 38.1 Å². The molecule has 3 rings (SSSR count). The zero-order valence-electron chi connectivity index (χ0n) is 15.6. The van der Waals surface area contributed by atoms with Crippen LogP contribution in [0.2, 0.25) is 0 Å². The van der Waals surface area contributed by atoms with Gasteiger partial charge in [-0.15, -0.1) is 0 Å². The largest absolute Gasteiger partial charge is 0.353 e. The van der Waals surface area contributed by atoms with Crippen molar-refractivity contribution in [1.82, 2.24) is 9.88 Å². The van der Waals surface area contributed by atoms with E-state index in [1.54, 1.807) is 6.20 Å². The molecule has 1 saturated heterocycles. The number of halogens is 1. The number of piperazine rings is 1. The Kier molecular flexibility index (Phi) is 6.42. The maximum Gasteiger partial charge on any atom is 0.239 e. The molecule has 2 heterocycles. The molecule has 154 valence electrons. The van der Waals surface area contributed by atoms with Gasteiger partial charge < -0.3 is 15.1 Å². The van der Waals surface area contributed by atoms with Gasteiger partial charge in [0.25, 0.3) is 0 Å². The number of nitrogens with one attached hydrogen (secondary N) is 1. The van der Waals surface area contributed by atoms with Crippen molar-refractivity contribution in [2.75, 3.05) is 47.9 Å². The molecule has 0 aliphatic carbocycles. The Morgan fingerprint density at radius 1 is 1.00 bits per heavy atom. The van der Waals surface area contributed by atoms with Gasteiger partial charge in [0.1, 0.15) is 23.1 Å². The van der Waals surface area contributed by atoms with Crippen LogP contribution in [0.25, 0.3) is 0 Å². The molecule has 0 atom stereocenters. The van der Waals surface area contributed by atoms with Crippen LogP contribution < -0.4 is 10.2 Å². The zero-order valence-corrected chi connectivity index (χ0v) is 16.4. The lowest BCUT2D eigenvalue weighted by Crippen LogP contribution is -2.50. The fraction of sp³-hybridized carbons (Fsp3) is 0.316. The van der Waals surface area contributed by atoms with E-state index >= 15 is 0 Å². The number of benzene rings is 1. The fourth-order valence-electron chi connectivity index (χ4n) is 2.99. The van der Waals surface area contributed by atoms with Crippen LogP contribution in [-0.2, 0) is 19.4 Å². The summed E-state index contributed by atoms with van der Waals surface area (Å²) in [5.74, 6) is -2.50. The number of sulfone groups is 1. The minimum absolute atomic E-state index is 0.281. The van der Waals surface area contributed by atoms with Gasteiger partial charge in [-0.2, -0.15) is 0 Å². The smallest absolute Gasteiger partial charge is 0.239 e. The van der Waals surface area contributed by atoms with E-state index in [1.165, 1.54) is 17.0 Å². The average Bonchev–Trinajstić information content (AvgIpc) is 2.69. The lowest BCUT2D eigenvalue weighted by molar-refractivity contribution is -0.128. The summed E-state index contributed by atoms with van der Waals surface area (Å²) < 4.78 is 37.3. The van der Waals surface area contributed by atoms with Crippen LogP contribution >= 0.6 is 0 Å². The van der Waals surface area contributed by atoms with Gasteiger partial charge in [-0.1, -0.05) is 6.07 Å². The Balaban J connectivity index is 1.49. The Hall–Kier alpha value is -3.01. The number of hydrogen-bond donors (Lipinski definition) is 1. The highest BCUT2D eigenvalue weighted by Crippen LogP contribution is 2.13. The number of pyridine rings is 1. The molecule has 1 N–H and O–H groups in total. The van der Waals surface area contributed by atoms with Crippen LogP contribution in [0.5, 0.6) is 0 Å². The maximum absolute atomic E-state index is 12.9. The quantitative estimate of drug-likeness (QED) is 0.746. The van der Waals surface area contributed by atoms with Crippen LogP contribution in [0, 0.1) is 5.82 Å². The number of amides is 2. The van der Waals surface area contributed by atoms with E-state index in [4.69, 9.17) is 0 Å². The normalized spacial score (nSPS) is 14.5. The Morgan fingerprint density at radius 3 is 2.31 bits per heavy atom. The zero-order chi connectivity index (χ0) is 20.9. The molecule has 1 fully saturated rings. The molecule has 0 unspecified atom stereocenters. The predicted molar refractivity (Wildman–Crippen MR) is 107 cm³/mol. The molecule has 29 heavy (non-hydrogen) atoms. The Labute approximate surface area is 168 Å². The van der Waals surface area contributed by atoms with Crippen molar-refractivity contribution in [3.63, 3.8) is 0 Å². The first-order valence-electron chi connectivity index (χ1n) is 9.02. The molecule has 0 spiro atoms. The minimum Gasteiger partial charge on any atom is -0.353 e. The molecule has 1 aromatic carbocycles. The summed E-state index contributed by atoms with van der Waals surface area (Å²) in [6.45, 7) is 1.86. The summed E-state index contributed by atoms with van der Waals surface area (Å²) in [6, 6.07) is 10.5. The number of hydrogen-bond acceptors (Lipinski definition) is 6. The molecule has 1 aliphatic rings. The third-order valence-electron chi connectivity index (χ3n) is 4.43. The molecule has 1 aliphatic heterocycles. The second kappa shape index (κ2) is 8.99. The van der Waals surface area contributed by atoms with Crippen LogP contribution in [0.3, 0.4) is 0 Å². The Morgan fingerprint density at radius 2 is 1.69 bits per heavy atom. The van der Waals surface area contributed by atoms with E-state index in [9.17, 15) is 22.4 Å². The lowest BCUT2D eigenvalue weighted by Gasteiger charge is -2.35. The maximum atomic E-state index is 12.9. The highest BCUT2D eigenvalue weighted by Gasteiger charge is 2.27. The molecular weight excluding hydrogens is 399 g/mol. The van der Waals surface area contributed by atoms with Crippen LogP contribution in [0.4, 0.5) is 15.9 Å². The number of anilines is 2. The molecule has 2 aromatic rings. The van der Waals surface area contributed by atoms with Gasteiger partial charge in [-0.25, -0.2) is 17.8 Å². The van der Waals surface area contributed by atoms with Gasteiger partial charge in [-0.05, 0) is 36.4 Å². The van der Waals surface area contributed by atoms with Crippen LogP contribution in [-0.4, -0.2) is 67.8 Å². The number of rotatable bonds is 6. The number of nitrogens with zero attached hydrogens (tertiary/aromatic N) is 3. The third kappa shape index (κ3) is 5.98. The standard InChI is InChI=1S/C19H21FN4O4S/c20-15-4-6-16(7-5-15)22-18(25)13-29(27,28)14-19(26)24-11-9-23(10-12-24)17-3-1-2-8-21-17/h1-8H,9-14H2,(H,22,25). The molecule has 2 amide bonds. The molecule has 0 radical (unpaired) electrons. The summed E-state index contributed by atoms with van der Waals surface area (Å²) in [7, 11) is -3.93. The molecule has 1 aromatic heterocycles.